The number of alkyl carbamates (subject to hydrolysis) is 1. The van der Waals surface area contributed by atoms with Crippen LogP contribution < -0.4 is 10.0 Å². The van der Waals surface area contributed by atoms with E-state index in [1.165, 1.54) is 11.4 Å². The van der Waals surface area contributed by atoms with E-state index in [-0.39, 0.29) is 21.6 Å². The molecule has 3 amide bonds. The Morgan fingerprint density at radius 2 is 1.66 bits per heavy atom. The Balaban J connectivity index is 3.29. The van der Waals surface area contributed by atoms with Gasteiger partial charge in [-0.1, -0.05) is 25.4 Å². The van der Waals surface area contributed by atoms with Gasteiger partial charge in [0.1, 0.15) is 27.9 Å². The van der Waals surface area contributed by atoms with Crippen molar-refractivity contribution in [2.75, 3.05) is 0 Å². The quantitative estimate of drug-likeness (QED) is 0.359. The summed E-state index contributed by atoms with van der Waals surface area (Å²) in [6, 6.07) is 0.140. The highest BCUT2D eigenvalue weighted by Crippen LogP contribution is 2.25. The van der Waals surface area contributed by atoms with Gasteiger partial charge < -0.3 is 14.8 Å². The van der Waals surface area contributed by atoms with E-state index in [1.807, 2.05) is 13.8 Å². The Hall–Kier alpha value is -2.18. The maximum absolute atomic E-state index is 13.7. The molecule has 0 saturated carbocycles. The second-order valence-corrected chi connectivity index (χ2v) is 13.6. The third-order valence-electron chi connectivity index (χ3n) is 3.71. The highest BCUT2D eigenvalue weighted by molar-refractivity contribution is 7.94. The summed E-state index contributed by atoms with van der Waals surface area (Å²) in [4.78, 5) is 49.9. The lowest BCUT2D eigenvalue weighted by molar-refractivity contribution is -0.156. The molecule has 0 aliphatic heterocycles. The number of nitrogens with one attached hydrogen (secondary N) is 2. The zero-order valence-corrected chi connectivity index (χ0v) is 23.6. The largest absolute Gasteiger partial charge is 0.460 e. The molecule has 1 aromatic rings. The van der Waals surface area contributed by atoms with Gasteiger partial charge in [0.25, 0.3) is 5.91 Å². The second-order valence-electron chi connectivity index (χ2n) is 10.2. The van der Waals surface area contributed by atoms with Gasteiger partial charge in [0.2, 0.25) is 5.91 Å². The fraction of sp³-hybridized carbons (Fsp3) is 0.636. The summed E-state index contributed by atoms with van der Waals surface area (Å²) < 4.78 is 30.0. The third-order valence-corrected chi connectivity index (χ3v) is 7.35. The number of ether oxygens (including phenoxy) is 2. The van der Waals surface area contributed by atoms with Gasteiger partial charge in [0, 0.05) is 5.38 Å². The summed E-state index contributed by atoms with van der Waals surface area (Å²) >= 11 is 6.88. The smallest absolute Gasteiger partial charge is 0.408 e. The van der Waals surface area contributed by atoms with Crippen LogP contribution in [-0.4, -0.2) is 45.3 Å². The number of rotatable bonds is 8. The molecule has 0 saturated heterocycles. The minimum atomic E-state index is -3.88. The minimum Gasteiger partial charge on any atom is -0.460 e. The minimum absolute atomic E-state index is 0.00829. The topological polar surface area (TPSA) is 140 Å². The first kappa shape index (κ1) is 30.9. The van der Waals surface area contributed by atoms with Gasteiger partial charge in [-0.25, -0.2) is 9.00 Å². The number of esters is 1. The third kappa shape index (κ3) is 11.9. The van der Waals surface area contributed by atoms with Crippen LogP contribution in [0.15, 0.2) is 20.0 Å². The van der Waals surface area contributed by atoms with Crippen LogP contribution in [0.3, 0.4) is 0 Å². The Kier molecular flexibility index (Phi) is 10.7. The Morgan fingerprint density at radius 3 is 2.11 bits per heavy atom. The lowest BCUT2D eigenvalue weighted by Gasteiger charge is -2.23. The van der Waals surface area contributed by atoms with Crippen molar-refractivity contribution < 1.29 is 32.9 Å². The van der Waals surface area contributed by atoms with Crippen LogP contribution in [0.25, 0.3) is 0 Å². The van der Waals surface area contributed by atoms with E-state index >= 15 is 0 Å². The standard InChI is InChI=1S/C22H34ClN3O7S2/c1-13(2)9-15(24-20(30)33-22(6,7)8)19(29)26-35(31,18-10-14(23)12-34-18)25-16(27)11-17(28)32-21(3,4)5/h10,12-13,15H,9,11H2,1-8H3,(H,24,30)(H,25,26,27,29,31)/t15-,35?/m0/s1. The maximum Gasteiger partial charge on any atom is 0.408 e. The van der Waals surface area contributed by atoms with Crippen molar-refractivity contribution in [3.05, 3.63) is 16.5 Å². The Bertz CT molecular complexity index is 1060. The first-order valence-electron chi connectivity index (χ1n) is 10.9. The van der Waals surface area contributed by atoms with Crippen LogP contribution in [0, 0.1) is 5.92 Å². The van der Waals surface area contributed by atoms with Crippen molar-refractivity contribution in [2.45, 2.75) is 89.7 Å². The number of halogens is 1. The molecule has 198 valence electrons. The van der Waals surface area contributed by atoms with E-state index in [9.17, 15) is 23.4 Å². The van der Waals surface area contributed by atoms with Gasteiger partial charge in [-0.2, -0.15) is 0 Å². The van der Waals surface area contributed by atoms with E-state index in [0.29, 0.717) is 0 Å². The fourth-order valence-electron chi connectivity index (χ4n) is 2.59. The van der Waals surface area contributed by atoms with Crippen LogP contribution >= 0.6 is 22.9 Å². The lowest BCUT2D eigenvalue weighted by atomic mass is 10.0. The predicted octanol–water partition coefficient (Wildman–Crippen LogP) is 4.46. The van der Waals surface area contributed by atoms with Crippen molar-refractivity contribution in [1.29, 1.82) is 0 Å². The molecular weight excluding hydrogens is 518 g/mol. The number of carbonyl (C=O) groups excluding carboxylic acids is 4. The summed E-state index contributed by atoms with van der Waals surface area (Å²) in [6.07, 6.45) is -1.40. The van der Waals surface area contributed by atoms with Crippen molar-refractivity contribution in [1.82, 2.24) is 10.0 Å². The SMILES string of the molecule is CC(C)C[C@H](NC(=O)OC(C)(C)C)C(=O)N=S(=O)(NC(=O)CC(=O)OC(C)(C)C)c1cc(Cl)cs1. The Labute approximate surface area is 215 Å². The molecule has 0 aliphatic rings. The zero-order valence-electron chi connectivity index (χ0n) is 21.2. The highest BCUT2D eigenvalue weighted by Gasteiger charge is 2.29. The van der Waals surface area contributed by atoms with Gasteiger partial charge in [0.15, 0.2) is 9.92 Å². The highest BCUT2D eigenvalue weighted by atomic mass is 35.5. The number of hydrogen-bond acceptors (Lipinski definition) is 8. The van der Waals surface area contributed by atoms with Crippen LogP contribution in [0.5, 0.6) is 0 Å². The summed E-state index contributed by atoms with van der Waals surface area (Å²) in [5.41, 5.74) is -1.62. The molecule has 0 radical (unpaired) electrons. The number of thiophene rings is 1. The number of hydrogen-bond donors (Lipinski definition) is 2. The summed E-state index contributed by atoms with van der Waals surface area (Å²) in [7, 11) is -3.88. The number of nitrogens with zero attached hydrogens (tertiary/aromatic N) is 1. The van der Waals surface area contributed by atoms with Crippen LogP contribution in [-0.2, 0) is 33.8 Å². The van der Waals surface area contributed by atoms with Crippen molar-refractivity contribution in [3.8, 4) is 0 Å². The van der Waals surface area contributed by atoms with Crippen molar-refractivity contribution in [2.24, 2.45) is 10.3 Å². The van der Waals surface area contributed by atoms with Gasteiger partial charge in [-0.15, -0.1) is 15.7 Å². The fourth-order valence-corrected chi connectivity index (χ4v) is 5.64. The molecule has 1 heterocycles. The molecule has 1 aromatic heterocycles. The zero-order chi connectivity index (χ0) is 27.2. The molecule has 1 rings (SSSR count). The molecular formula is C22H34ClN3O7S2. The van der Waals surface area contributed by atoms with Crippen molar-refractivity contribution in [3.63, 3.8) is 0 Å². The van der Waals surface area contributed by atoms with Gasteiger partial charge >= 0.3 is 12.1 Å². The summed E-state index contributed by atoms with van der Waals surface area (Å²) in [6.45, 7) is 13.6. The molecule has 1 unspecified atom stereocenters. The van der Waals surface area contributed by atoms with Crippen molar-refractivity contribution >= 4 is 56.7 Å². The van der Waals surface area contributed by atoms with E-state index in [0.717, 1.165) is 11.3 Å². The molecule has 10 nitrogen and oxygen atoms in total. The average molecular weight is 552 g/mol. The molecule has 0 aromatic carbocycles. The Morgan fingerprint density at radius 1 is 1.09 bits per heavy atom. The summed E-state index contributed by atoms with van der Waals surface area (Å²) in [5, 5.41) is 4.14. The van der Waals surface area contributed by atoms with E-state index in [1.54, 1.807) is 41.5 Å². The lowest BCUT2D eigenvalue weighted by Crippen LogP contribution is -2.44. The summed E-state index contributed by atoms with van der Waals surface area (Å²) in [5.74, 6) is -2.76. The monoisotopic (exact) mass is 551 g/mol. The average Bonchev–Trinajstić information content (AvgIpc) is 3.04. The van der Waals surface area contributed by atoms with Crippen LogP contribution in [0.1, 0.15) is 68.2 Å². The first-order valence-corrected chi connectivity index (χ1v) is 13.6. The first-order chi connectivity index (χ1) is 15.8. The van der Waals surface area contributed by atoms with Crippen LogP contribution in [0.4, 0.5) is 4.79 Å². The molecule has 0 aliphatic carbocycles. The molecule has 2 N–H and O–H groups in total. The normalized spacial score (nSPS) is 14.5. The van der Waals surface area contributed by atoms with Gasteiger partial charge in [0.05, 0.1) is 5.02 Å². The van der Waals surface area contributed by atoms with E-state index < -0.39 is 57.5 Å². The van der Waals surface area contributed by atoms with E-state index in [2.05, 4.69) is 14.4 Å². The maximum atomic E-state index is 13.7. The van der Waals surface area contributed by atoms with Gasteiger partial charge in [-0.05, 0) is 59.9 Å². The number of amides is 3. The molecule has 0 spiro atoms. The molecule has 13 heteroatoms. The molecule has 2 atom stereocenters. The molecule has 0 fully saturated rings. The van der Waals surface area contributed by atoms with E-state index in [4.69, 9.17) is 21.1 Å². The van der Waals surface area contributed by atoms with Crippen LogP contribution in [0.2, 0.25) is 5.02 Å². The second kappa shape index (κ2) is 12.2. The molecule has 0 bridgehead atoms. The van der Waals surface area contributed by atoms with Gasteiger partial charge in [-0.3, -0.25) is 19.1 Å². The predicted molar refractivity (Wildman–Crippen MR) is 134 cm³/mol. The molecule has 35 heavy (non-hydrogen) atoms. The number of carbonyl (C=O) groups is 4.